The Kier molecular flexibility index (Phi) is 6.94. The Hall–Kier alpha value is -0.413. The molecule has 0 unspecified atom stereocenters. The summed E-state index contributed by atoms with van der Waals surface area (Å²) < 4.78 is 6.26. The Labute approximate surface area is 108 Å². The van der Waals surface area contributed by atoms with Crippen LogP contribution in [0.4, 0.5) is 0 Å². The predicted molar refractivity (Wildman–Crippen MR) is 76.8 cm³/mol. The van der Waals surface area contributed by atoms with E-state index in [0.29, 0.717) is 6.42 Å². The van der Waals surface area contributed by atoms with E-state index in [2.05, 4.69) is 39.9 Å². The predicted octanol–water partition coefficient (Wildman–Crippen LogP) is 4.32. The van der Waals surface area contributed by atoms with Crippen LogP contribution in [0.3, 0.4) is 0 Å². The molecule has 0 radical (unpaired) electrons. The van der Waals surface area contributed by atoms with Gasteiger partial charge >= 0.3 is 0 Å². The van der Waals surface area contributed by atoms with Crippen molar-refractivity contribution in [2.24, 2.45) is 0 Å². The lowest BCUT2D eigenvalue weighted by Gasteiger charge is -2.39. The minimum atomic E-state index is -1.75. The first-order valence-corrected chi connectivity index (χ1v) is 9.38. The maximum atomic E-state index is 10.7. The molecule has 0 amide bonds. The summed E-state index contributed by atoms with van der Waals surface area (Å²) >= 11 is 0. The van der Waals surface area contributed by atoms with Gasteiger partial charge in [-0.25, -0.2) is 0 Å². The first kappa shape index (κ1) is 16.6. The lowest BCUT2D eigenvalue weighted by molar-refractivity contribution is -0.109. The molecule has 0 heterocycles. The Morgan fingerprint density at radius 3 is 2.29 bits per heavy atom. The van der Waals surface area contributed by atoms with Crippen LogP contribution in [0.1, 0.15) is 47.0 Å². The second-order valence-electron chi connectivity index (χ2n) is 6.05. The fraction of sp³-hybridized carbons (Fsp3) is 0.786. The number of hydrogen-bond acceptors (Lipinski definition) is 2. The van der Waals surface area contributed by atoms with Crippen LogP contribution in [0.25, 0.3) is 0 Å². The van der Waals surface area contributed by atoms with Gasteiger partial charge in [-0.05, 0) is 37.9 Å². The van der Waals surface area contributed by atoms with Gasteiger partial charge in [0.05, 0.1) is 6.10 Å². The molecule has 0 saturated carbocycles. The molecule has 0 aliphatic heterocycles. The summed E-state index contributed by atoms with van der Waals surface area (Å²) in [7, 11) is -1.75. The van der Waals surface area contributed by atoms with Crippen LogP contribution in [-0.2, 0) is 9.22 Å². The van der Waals surface area contributed by atoms with Gasteiger partial charge in [-0.2, -0.15) is 0 Å². The molecule has 0 aromatic rings. The molecule has 100 valence electrons. The highest BCUT2D eigenvalue weighted by atomic mass is 28.4. The van der Waals surface area contributed by atoms with Gasteiger partial charge in [0.2, 0.25) is 0 Å². The van der Waals surface area contributed by atoms with E-state index in [1.54, 1.807) is 0 Å². The molecule has 1 atom stereocenters. The van der Waals surface area contributed by atoms with E-state index >= 15 is 0 Å². The van der Waals surface area contributed by atoms with Crippen molar-refractivity contribution in [3.63, 3.8) is 0 Å². The molecule has 0 spiro atoms. The molecule has 0 rings (SSSR count). The van der Waals surface area contributed by atoms with Crippen molar-refractivity contribution in [2.45, 2.75) is 71.2 Å². The van der Waals surface area contributed by atoms with Gasteiger partial charge in [-0.3, -0.25) is 0 Å². The van der Waals surface area contributed by atoms with Crippen LogP contribution >= 0.6 is 0 Å². The van der Waals surface area contributed by atoms with Crippen molar-refractivity contribution in [1.82, 2.24) is 0 Å². The highest BCUT2D eigenvalue weighted by Gasteiger charge is 2.38. The van der Waals surface area contributed by atoms with Gasteiger partial charge < -0.3 is 9.22 Å². The van der Waals surface area contributed by atoms with Crippen LogP contribution < -0.4 is 0 Å². The zero-order valence-corrected chi connectivity index (χ0v) is 13.2. The van der Waals surface area contributed by atoms with Gasteiger partial charge in [-0.1, -0.05) is 32.9 Å². The maximum absolute atomic E-state index is 10.7. The minimum Gasteiger partial charge on any atom is -0.413 e. The average molecular weight is 256 g/mol. The summed E-state index contributed by atoms with van der Waals surface area (Å²) in [4.78, 5) is 10.7. The first-order chi connectivity index (χ1) is 7.74. The molecular weight excluding hydrogens is 228 g/mol. The third-order valence-electron chi connectivity index (χ3n) is 3.52. The molecule has 0 N–H and O–H groups in total. The Balaban J connectivity index is 4.47. The van der Waals surface area contributed by atoms with Gasteiger partial charge in [0, 0.05) is 6.42 Å². The second-order valence-corrected chi connectivity index (χ2v) is 10.8. The molecule has 17 heavy (non-hydrogen) atoms. The summed E-state index contributed by atoms with van der Waals surface area (Å²) in [6.45, 7) is 13.2. The van der Waals surface area contributed by atoms with E-state index in [4.69, 9.17) is 4.43 Å². The summed E-state index contributed by atoms with van der Waals surface area (Å²) in [6.07, 6.45) is 7.69. The van der Waals surface area contributed by atoms with Gasteiger partial charge in [0.25, 0.3) is 0 Å². The van der Waals surface area contributed by atoms with E-state index in [9.17, 15) is 4.79 Å². The highest BCUT2D eigenvalue weighted by molar-refractivity contribution is 6.74. The lowest BCUT2D eigenvalue weighted by Crippen LogP contribution is -2.44. The molecule has 3 heteroatoms. The van der Waals surface area contributed by atoms with E-state index < -0.39 is 8.32 Å². The van der Waals surface area contributed by atoms with Gasteiger partial charge in [0.1, 0.15) is 6.29 Å². The zero-order chi connectivity index (χ0) is 13.5. The Morgan fingerprint density at radius 1 is 1.29 bits per heavy atom. The topological polar surface area (TPSA) is 26.3 Å². The van der Waals surface area contributed by atoms with E-state index in [-0.39, 0.29) is 11.1 Å². The molecule has 0 aromatic carbocycles. The van der Waals surface area contributed by atoms with Crippen LogP contribution in [-0.4, -0.2) is 20.7 Å². The Morgan fingerprint density at radius 2 is 1.88 bits per heavy atom. The highest BCUT2D eigenvalue weighted by Crippen LogP contribution is 2.38. The van der Waals surface area contributed by atoms with Crippen molar-refractivity contribution in [3.8, 4) is 0 Å². The van der Waals surface area contributed by atoms with Crippen LogP contribution in [0.15, 0.2) is 12.2 Å². The summed E-state index contributed by atoms with van der Waals surface area (Å²) in [5.41, 5.74) is 0. The first-order valence-electron chi connectivity index (χ1n) is 6.47. The summed E-state index contributed by atoms with van der Waals surface area (Å²) in [6, 6.07) is 0. The van der Waals surface area contributed by atoms with Crippen LogP contribution in [0.5, 0.6) is 0 Å². The van der Waals surface area contributed by atoms with Crippen LogP contribution in [0.2, 0.25) is 18.1 Å². The van der Waals surface area contributed by atoms with Gasteiger partial charge in [0.15, 0.2) is 8.32 Å². The largest absolute Gasteiger partial charge is 0.413 e. The summed E-state index contributed by atoms with van der Waals surface area (Å²) in [5, 5.41) is 0.203. The maximum Gasteiger partial charge on any atom is 0.192 e. The number of hydrogen-bond donors (Lipinski definition) is 0. The lowest BCUT2D eigenvalue weighted by atomic mass is 10.1. The third-order valence-corrected chi connectivity index (χ3v) is 8.05. The molecule has 0 fully saturated rings. The fourth-order valence-corrected chi connectivity index (χ4v) is 2.78. The smallest absolute Gasteiger partial charge is 0.192 e. The Bertz CT molecular complexity index is 251. The average Bonchev–Trinajstić information content (AvgIpc) is 2.16. The van der Waals surface area contributed by atoms with Crippen LogP contribution in [0, 0.1) is 0 Å². The normalized spacial score (nSPS) is 15.2. The molecule has 2 nitrogen and oxygen atoms in total. The SMILES string of the molecule is C/C=C/CC[C@@H](CC=O)O[Si](C)(C)C(C)(C)C. The number of rotatable bonds is 7. The fourth-order valence-electron chi connectivity index (χ4n) is 1.37. The second kappa shape index (κ2) is 7.12. The third kappa shape index (κ3) is 6.17. The van der Waals surface area contributed by atoms with E-state index in [1.807, 2.05) is 13.0 Å². The monoisotopic (exact) mass is 256 g/mol. The molecule has 0 aromatic heterocycles. The number of carbonyl (C=O) groups is 1. The summed E-state index contributed by atoms with van der Waals surface area (Å²) in [5.74, 6) is 0. The molecular formula is C14H28O2Si. The van der Waals surface area contributed by atoms with E-state index in [0.717, 1.165) is 19.1 Å². The van der Waals surface area contributed by atoms with Crippen molar-refractivity contribution >= 4 is 14.6 Å². The number of aldehydes is 1. The number of carbonyl (C=O) groups excluding carboxylic acids is 1. The van der Waals surface area contributed by atoms with E-state index in [1.165, 1.54) is 0 Å². The van der Waals surface area contributed by atoms with Crippen molar-refractivity contribution in [3.05, 3.63) is 12.2 Å². The molecule has 0 aliphatic carbocycles. The van der Waals surface area contributed by atoms with Crippen molar-refractivity contribution in [2.75, 3.05) is 0 Å². The minimum absolute atomic E-state index is 0.0876. The standard InChI is InChI=1S/C14H28O2Si/c1-7-8-9-10-13(11-12-15)16-17(5,6)14(2,3)4/h7-8,12-13H,9-11H2,1-6H3/b8-7+/t13-/m0/s1. The molecule has 0 saturated heterocycles. The van der Waals surface area contributed by atoms with Gasteiger partial charge in [-0.15, -0.1) is 0 Å². The molecule has 0 bridgehead atoms. The number of allylic oxidation sites excluding steroid dienone is 2. The quantitative estimate of drug-likeness (QED) is 0.385. The van der Waals surface area contributed by atoms with Crippen molar-refractivity contribution < 1.29 is 9.22 Å². The van der Waals surface area contributed by atoms with Crippen molar-refractivity contribution in [1.29, 1.82) is 0 Å². The zero-order valence-electron chi connectivity index (χ0n) is 12.2. The molecule has 0 aliphatic rings.